The van der Waals surface area contributed by atoms with Crippen molar-refractivity contribution in [2.45, 2.75) is 6.61 Å². The monoisotopic (exact) mass is 299 g/mol. The van der Waals surface area contributed by atoms with Crippen LogP contribution in [-0.2, 0) is 11.3 Å². The maximum atomic E-state index is 13.5. The van der Waals surface area contributed by atoms with Crippen LogP contribution in [0, 0.1) is 23.3 Å². The van der Waals surface area contributed by atoms with Crippen molar-refractivity contribution < 1.29 is 27.1 Å². The van der Waals surface area contributed by atoms with E-state index in [4.69, 9.17) is 5.73 Å². The van der Waals surface area contributed by atoms with Crippen LogP contribution in [0.4, 0.5) is 23.2 Å². The quantitative estimate of drug-likeness (QED) is 0.538. The van der Waals surface area contributed by atoms with Gasteiger partial charge in [0.15, 0.2) is 0 Å². The van der Waals surface area contributed by atoms with Gasteiger partial charge in [-0.3, -0.25) is 0 Å². The fraction of sp³-hybridized carbons (Fsp3) is 0.0714. The molecular weight excluding hydrogens is 290 g/mol. The molecule has 0 saturated carbocycles. The zero-order valence-corrected chi connectivity index (χ0v) is 10.5. The normalized spacial score (nSPS) is 10.5. The summed E-state index contributed by atoms with van der Waals surface area (Å²) in [5.74, 6) is -4.88. The van der Waals surface area contributed by atoms with Crippen molar-refractivity contribution >= 4 is 11.7 Å². The number of carbonyl (C=O) groups is 1. The molecule has 2 N–H and O–H groups in total. The highest BCUT2D eigenvalue weighted by Crippen LogP contribution is 2.18. The molecule has 0 radical (unpaired) electrons. The standard InChI is InChI=1S/C14H9F4NO2/c15-8-1-7(2-9(16)3-8)6-21-14(20)10-4-12(18)13(19)5-11(10)17/h1-5H,6,19H2. The molecular formula is C14H9F4NO2. The Labute approximate surface area is 116 Å². The molecule has 0 saturated heterocycles. The summed E-state index contributed by atoms with van der Waals surface area (Å²) in [6.45, 7) is -0.487. The van der Waals surface area contributed by atoms with Crippen LogP contribution in [0.2, 0.25) is 0 Å². The number of benzene rings is 2. The molecule has 0 amide bonds. The highest BCUT2D eigenvalue weighted by molar-refractivity contribution is 5.90. The molecule has 0 unspecified atom stereocenters. The Balaban J connectivity index is 2.13. The van der Waals surface area contributed by atoms with Crippen molar-refractivity contribution in [1.29, 1.82) is 0 Å². The molecule has 0 spiro atoms. The fourth-order valence-electron chi connectivity index (χ4n) is 1.64. The summed E-state index contributed by atoms with van der Waals surface area (Å²) in [5, 5.41) is 0. The first kappa shape index (κ1) is 14.8. The summed E-state index contributed by atoms with van der Waals surface area (Å²) >= 11 is 0. The molecule has 0 heterocycles. The molecule has 3 nitrogen and oxygen atoms in total. The van der Waals surface area contributed by atoms with Gasteiger partial charge in [-0.05, 0) is 23.8 Å². The molecule has 0 bridgehead atoms. The van der Waals surface area contributed by atoms with E-state index in [9.17, 15) is 22.4 Å². The third-order valence-corrected chi connectivity index (χ3v) is 2.60. The highest BCUT2D eigenvalue weighted by Gasteiger charge is 2.16. The smallest absolute Gasteiger partial charge is 0.341 e. The summed E-state index contributed by atoms with van der Waals surface area (Å²) in [6.07, 6.45) is 0. The maximum Gasteiger partial charge on any atom is 0.341 e. The Kier molecular flexibility index (Phi) is 4.11. The summed E-state index contributed by atoms with van der Waals surface area (Å²) in [7, 11) is 0. The first-order valence-electron chi connectivity index (χ1n) is 5.73. The van der Waals surface area contributed by atoms with Crippen LogP contribution in [0.15, 0.2) is 30.3 Å². The van der Waals surface area contributed by atoms with E-state index in [2.05, 4.69) is 4.74 Å². The Morgan fingerprint density at radius 1 is 0.952 bits per heavy atom. The third kappa shape index (κ3) is 3.50. The Bertz CT molecular complexity index is 683. The lowest BCUT2D eigenvalue weighted by atomic mass is 10.2. The minimum Gasteiger partial charge on any atom is -0.457 e. The third-order valence-electron chi connectivity index (χ3n) is 2.60. The number of halogens is 4. The fourth-order valence-corrected chi connectivity index (χ4v) is 1.64. The van der Waals surface area contributed by atoms with Crippen LogP contribution in [0.1, 0.15) is 15.9 Å². The zero-order chi connectivity index (χ0) is 15.6. The number of hydrogen-bond acceptors (Lipinski definition) is 3. The number of anilines is 1. The van der Waals surface area contributed by atoms with Gasteiger partial charge in [0.25, 0.3) is 0 Å². The zero-order valence-electron chi connectivity index (χ0n) is 10.5. The van der Waals surface area contributed by atoms with Gasteiger partial charge >= 0.3 is 5.97 Å². The average molecular weight is 299 g/mol. The van der Waals surface area contributed by atoms with E-state index in [1.807, 2.05) is 0 Å². The van der Waals surface area contributed by atoms with Gasteiger partial charge in [-0.25, -0.2) is 22.4 Å². The first-order valence-corrected chi connectivity index (χ1v) is 5.73. The highest BCUT2D eigenvalue weighted by atomic mass is 19.1. The number of esters is 1. The molecule has 0 atom stereocenters. The number of ether oxygens (including phenoxy) is 1. The minimum absolute atomic E-state index is 0.0391. The largest absolute Gasteiger partial charge is 0.457 e. The van der Waals surface area contributed by atoms with Crippen LogP contribution in [0.5, 0.6) is 0 Å². The Hall–Kier alpha value is -2.57. The van der Waals surface area contributed by atoms with Gasteiger partial charge < -0.3 is 10.5 Å². The van der Waals surface area contributed by atoms with Gasteiger partial charge in [0.1, 0.15) is 29.9 Å². The van der Waals surface area contributed by atoms with Gasteiger partial charge in [0.05, 0.1) is 11.3 Å². The maximum absolute atomic E-state index is 13.5. The van der Waals surface area contributed by atoms with Gasteiger partial charge in [0, 0.05) is 12.1 Å². The van der Waals surface area contributed by atoms with Gasteiger partial charge in [-0.2, -0.15) is 0 Å². The molecule has 0 fully saturated rings. The summed E-state index contributed by atoms with van der Waals surface area (Å²) < 4.78 is 57.2. The van der Waals surface area contributed by atoms with E-state index in [0.717, 1.165) is 12.1 Å². The molecule has 2 aromatic rings. The molecule has 0 aliphatic carbocycles. The molecule has 0 aliphatic heterocycles. The van der Waals surface area contributed by atoms with Crippen molar-refractivity contribution in [3.63, 3.8) is 0 Å². The van der Waals surface area contributed by atoms with Crippen LogP contribution in [0.25, 0.3) is 0 Å². The summed E-state index contributed by atoms with van der Waals surface area (Å²) in [6, 6.07) is 3.81. The second kappa shape index (κ2) is 5.82. The van der Waals surface area contributed by atoms with Gasteiger partial charge in [-0.1, -0.05) is 0 Å². The van der Waals surface area contributed by atoms with E-state index in [1.54, 1.807) is 0 Å². The number of carbonyl (C=O) groups excluding carboxylic acids is 1. The lowest BCUT2D eigenvalue weighted by Crippen LogP contribution is -2.09. The first-order chi connectivity index (χ1) is 9.86. The number of nitrogen functional groups attached to an aromatic ring is 1. The molecule has 21 heavy (non-hydrogen) atoms. The van der Waals surface area contributed by atoms with Crippen LogP contribution in [-0.4, -0.2) is 5.97 Å². The molecule has 0 aliphatic rings. The van der Waals surface area contributed by atoms with E-state index in [0.29, 0.717) is 18.2 Å². The number of hydrogen-bond donors (Lipinski definition) is 1. The predicted molar refractivity (Wildman–Crippen MR) is 66.2 cm³/mol. The molecule has 2 rings (SSSR count). The second-order valence-electron chi connectivity index (χ2n) is 4.21. The van der Waals surface area contributed by atoms with E-state index in [-0.39, 0.29) is 5.56 Å². The Morgan fingerprint density at radius 2 is 1.57 bits per heavy atom. The molecule has 7 heteroatoms. The lowest BCUT2D eigenvalue weighted by Gasteiger charge is -2.07. The van der Waals surface area contributed by atoms with E-state index < -0.39 is 47.1 Å². The second-order valence-corrected chi connectivity index (χ2v) is 4.21. The SMILES string of the molecule is Nc1cc(F)c(C(=O)OCc2cc(F)cc(F)c2)cc1F. The van der Waals surface area contributed by atoms with E-state index in [1.165, 1.54) is 0 Å². The lowest BCUT2D eigenvalue weighted by molar-refractivity contribution is 0.0466. The van der Waals surface area contributed by atoms with Crippen LogP contribution < -0.4 is 5.73 Å². The van der Waals surface area contributed by atoms with Gasteiger partial charge in [0.2, 0.25) is 0 Å². The molecule has 0 aromatic heterocycles. The van der Waals surface area contributed by atoms with Crippen molar-refractivity contribution in [1.82, 2.24) is 0 Å². The predicted octanol–water partition coefficient (Wildman–Crippen LogP) is 3.18. The van der Waals surface area contributed by atoms with Crippen LogP contribution >= 0.6 is 0 Å². The molecule has 110 valence electrons. The van der Waals surface area contributed by atoms with Crippen LogP contribution in [0.3, 0.4) is 0 Å². The van der Waals surface area contributed by atoms with E-state index >= 15 is 0 Å². The van der Waals surface area contributed by atoms with Gasteiger partial charge in [-0.15, -0.1) is 0 Å². The van der Waals surface area contributed by atoms with Crippen molar-refractivity contribution in [3.05, 3.63) is 64.7 Å². The van der Waals surface area contributed by atoms with Crippen molar-refractivity contribution in [3.8, 4) is 0 Å². The topological polar surface area (TPSA) is 52.3 Å². The van der Waals surface area contributed by atoms with Crippen molar-refractivity contribution in [2.24, 2.45) is 0 Å². The van der Waals surface area contributed by atoms with Crippen molar-refractivity contribution in [2.75, 3.05) is 5.73 Å². The Morgan fingerprint density at radius 3 is 2.19 bits per heavy atom. The summed E-state index contributed by atoms with van der Waals surface area (Å²) in [4.78, 5) is 11.6. The number of rotatable bonds is 3. The molecule has 2 aromatic carbocycles. The average Bonchev–Trinajstić information content (AvgIpc) is 2.39. The summed E-state index contributed by atoms with van der Waals surface area (Å²) in [5.41, 5.74) is 4.07. The number of nitrogens with two attached hydrogens (primary N) is 1. The minimum atomic E-state index is -1.17.